The lowest BCUT2D eigenvalue weighted by molar-refractivity contribution is -0.138. The highest BCUT2D eigenvalue weighted by molar-refractivity contribution is 5.75. The Hall–Kier alpha value is -1.31. The summed E-state index contributed by atoms with van der Waals surface area (Å²) in [6.45, 7) is 5.92. The van der Waals surface area contributed by atoms with Crippen LogP contribution < -0.4 is 4.74 Å². The van der Waals surface area contributed by atoms with E-state index in [1.54, 1.807) is 0 Å². The number of benzene rings is 1. The molecule has 2 heteroatoms. The van der Waals surface area contributed by atoms with Gasteiger partial charge >= 0.3 is 5.97 Å². The van der Waals surface area contributed by atoms with E-state index >= 15 is 0 Å². The van der Waals surface area contributed by atoms with E-state index in [1.807, 2.05) is 38.1 Å². The van der Waals surface area contributed by atoms with E-state index in [9.17, 15) is 4.79 Å². The van der Waals surface area contributed by atoms with E-state index in [-0.39, 0.29) is 11.9 Å². The third kappa shape index (κ3) is 3.08. The lowest BCUT2D eigenvalue weighted by Gasteiger charge is -2.11. The minimum atomic E-state index is -0.140. The normalized spacial score (nSPS) is 12.2. The van der Waals surface area contributed by atoms with Crippen molar-refractivity contribution in [2.24, 2.45) is 5.92 Å². The molecule has 0 fully saturated rings. The Morgan fingerprint density at radius 1 is 1.33 bits per heavy atom. The molecular formula is C13H18O2. The first-order chi connectivity index (χ1) is 7.19. The predicted molar refractivity (Wildman–Crippen MR) is 60.9 cm³/mol. The maximum Gasteiger partial charge on any atom is 0.314 e. The van der Waals surface area contributed by atoms with Gasteiger partial charge in [0.15, 0.2) is 0 Å². The van der Waals surface area contributed by atoms with Gasteiger partial charge in [-0.2, -0.15) is 0 Å². The van der Waals surface area contributed by atoms with Gasteiger partial charge in [0, 0.05) is 0 Å². The van der Waals surface area contributed by atoms with Crippen LogP contribution in [0.1, 0.15) is 32.8 Å². The van der Waals surface area contributed by atoms with Crippen LogP contribution in [0.4, 0.5) is 0 Å². The summed E-state index contributed by atoms with van der Waals surface area (Å²) in [5, 5.41) is 0. The van der Waals surface area contributed by atoms with E-state index in [1.165, 1.54) is 0 Å². The third-order valence-corrected chi connectivity index (χ3v) is 2.58. The molecule has 0 aliphatic heterocycles. The molecule has 0 aliphatic rings. The summed E-state index contributed by atoms with van der Waals surface area (Å²) in [4.78, 5) is 11.6. The zero-order valence-corrected chi connectivity index (χ0v) is 9.62. The second-order valence-corrected chi connectivity index (χ2v) is 3.69. The minimum absolute atomic E-state index is 0.0325. The summed E-state index contributed by atoms with van der Waals surface area (Å²) in [5.41, 5.74) is 1.08. The second kappa shape index (κ2) is 5.54. The fourth-order valence-electron chi connectivity index (χ4n) is 1.27. The van der Waals surface area contributed by atoms with Crippen LogP contribution >= 0.6 is 0 Å². The van der Waals surface area contributed by atoms with Gasteiger partial charge in [-0.15, -0.1) is 0 Å². The Kier molecular flexibility index (Phi) is 4.35. The van der Waals surface area contributed by atoms with Crippen LogP contribution in [0.3, 0.4) is 0 Å². The molecule has 0 saturated carbocycles. The SMILES string of the molecule is CCc1ccccc1OC(=O)C(C)CC. The summed E-state index contributed by atoms with van der Waals surface area (Å²) >= 11 is 0. The molecule has 2 nitrogen and oxygen atoms in total. The van der Waals surface area contributed by atoms with Crippen molar-refractivity contribution in [2.75, 3.05) is 0 Å². The van der Waals surface area contributed by atoms with Crippen molar-refractivity contribution in [3.63, 3.8) is 0 Å². The fraction of sp³-hybridized carbons (Fsp3) is 0.462. The summed E-state index contributed by atoms with van der Waals surface area (Å²) in [7, 11) is 0. The number of esters is 1. The number of para-hydroxylation sites is 1. The molecule has 0 heterocycles. The van der Waals surface area contributed by atoms with Crippen molar-refractivity contribution < 1.29 is 9.53 Å². The van der Waals surface area contributed by atoms with E-state index in [2.05, 4.69) is 6.92 Å². The molecule has 1 aromatic rings. The highest BCUT2D eigenvalue weighted by Gasteiger charge is 2.14. The molecule has 1 atom stereocenters. The second-order valence-electron chi connectivity index (χ2n) is 3.69. The Labute approximate surface area is 91.3 Å². The molecule has 0 amide bonds. The lowest BCUT2D eigenvalue weighted by Crippen LogP contribution is -2.17. The largest absolute Gasteiger partial charge is 0.426 e. The number of ether oxygens (including phenoxy) is 1. The Balaban J connectivity index is 2.76. The van der Waals surface area contributed by atoms with Crippen molar-refractivity contribution in [3.05, 3.63) is 29.8 Å². The monoisotopic (exact) mass is 206 g/mol. The van der Waals surface area contributed by atoms with Gasteiger partial charge in [-0.3, -0.25) is 4.79 Å². The molecule has 0 N–H and O–H groups in total. The summed E-state index contributed by atoms with van der Waals surface area (Å²) < 4.78 is 5.35. The van der Waals surface area contributed by atoms with Gasteiger partial charge in [-0.25, -0.2) is 0 Å². The molecule has 0 aliphatic carbocycles. The van der Waals surface area contributed by atoms with Crippen molar-refractivity contribution >= 4 is 5.97 Å². The van der Waals surface area contributed by atoms with Gasteiger partial charge in [-0.1, -0.05) is 39.0 Å². The van der Waals surface area contributed by atoms with Crippen LogP contribution in [0.5, 0.6) is 5.75 Å². The quantitative estimate of drug-likeness (QED) is 0.558. The van der Waals surface area contributed by atoms with Gasteiger partial charge in [0.05, 0.1) is 5.92 Å². The van der Waals surface area contributed by atoms with Crippen molar-refractivity contribution in [1.29, 1.82) is 0 Å². The summed E-state index contributed by atoms with van der Waals surface area (Å²) in [6.07, 6.45) is 1.69. The van der Waals surface area contributed by atoms with Crippen LogP contribution in [0.15, 0.2) is 24.3 Å². The molecule has 15 heavy (non-hydrogen) atoms. The third-order valence-electron chi connectivity index (χ3n) is 2.58. The van der Waals surface area contributed by atoms with Crippen molar-refractivity contribution in [2.45, 2.75) is 33.6 Å². The van der Waals surface area contributed by atoms with Gasteiger partial charge in [-0.05, 0) is 24.5 Å². The zero-order chi connectivity index (χ0) is 11.3. The van der Waals surface area contributed by atoms with E-state index in [4.69, 9.17) is 4.74 Å². The highest BCUT2D eigenvalue weighted by Crippen LogP contribution is 2.19. The molecule has 0 saturated heterocycles. The number of carbonyl (C=O) groups is 1. The molecule has 1 aromatic carbocycles. The average molecular weight is 206 g/mol. The Morgan fingerprint density at radius 2 is 2.00 bits per heavy atom. The van der Waals surface area contributed by atoms with Crippen LogP contribution in [0.2, 0.25) is 0 Å². The first-order valence-electron chi connectivity index (χ1n) is 5.48. The molecule has 1 rings (SSSR count). The predicted octanol–water partition coefficient (Wildman–Crippen LogP) is 3.20. The Bertz CT molecular complexity index is 331. The summed E-state index contributed by atoms with van der Waals surface area (Å²) in [6, 6.07) is 7.68. The van der Waals surface area contributed by atoms with Gasteiger partial charge in [0.2, 0.25) is 0 Å². The van der Waals surface area contributed by atoms with Gasteiger partial charge < -0.3 is 4.74 Å². The molecule has 0 radical (unpaired) electrons. The maximum atomic E-state index is 11.6. The molecule has 82 valence electrons. The number of rotatable bonds is 4. The van der Waals surface area contributed by atoms with Gasteiger partial charge in [0.25, 0.3) is 0 Å². The fourth-order valence-corrected chi connectivity index (χ4v) is 1.27. The van der Waals surface area contributed by atoms with Crippen LogP contribution in [0.25, 0.3) is 0 Å². The minimum Gasteiger partial charge on any atom is -0.426 e. The lowest BCUT2D eigenvalue weighted by atomic mass is 10.1. The molecule has 0 aromatic heterocycles. The van der Waals surface area contributed by atoms with Crippen LogP contribution in [-0.2, 0) is 11.2 Å². The van der Waals surface area contributed by atoms with Gasteiger partial charge in [0.1, 0.15) is 5.75 Å². The number of hydrogen-bond donors (Lipinski definition) is 0. The van der Waals surface area contributed by atoms with Crippen molar-refractivity contribution in [1.82, 2.24) is 0 Å². The standard InChI is InChI=1S/C13H18O2/c1-4-10(3)13(14)15-12-9-7-6-8-11(12)5-2/h6-10H,4-5H2,1-3H3. The zero-order valence-electron chi connectivity index (χ0n) is 9.62. The molecule has 0 spiro atoms. The number of aryl methyl sites for hydroxylation is 1. The van der Waals surface area contributed by atoms with Crippen LogP contribution in [-0.4, -0.2) is 5.97 Å². The Morgan fingerprint density at radius 3 is 2.60 bits per heavy atom. The topological polar surface area (TPSA) is 26.3 Å². The summed E-state index contributed by atoms with van der Waals surface area (Å²) in [5.74, 6) is 0.526. The maximum absolute atomic E-state index is 11.6. The number of hydrogen-bond acceptors (Lipinski definition) is 2. The van der Waals surface area contributed by atoms with Crippen molar-refractivity contribution in [3.8, 4) is 5.75 Å². The molecular weight excluding hydrogens is 188 g/mol. The average Bonchev–Trinajstić information content (AvgIpc) is 2.28. The highest BCUT2D eigenvalue weighted by atomic mass is 16.5. The first-order valence-corrected chi connectivity index (χ1v) is 5.48. The molecule has 0 bridgehead atoms. The van der Waals surface area contributed by atoms with E-state index < -0.39 is 0 Å². The van der Waals surface area contributed by atoms with Crippen LogP contribution in [0, 0.1) is 5.92 Å². The van der Waals surface area contributed by atoms with E-state index in [0.717, 1.165) is 18.4 Å². The first kappa shape index (κ1) is 11.8. The smallest absolute Gasteiger partial charge is 0.314 e. The number of carbonyl (C=O) groups excluding carboxylic acids is 1. The van der Waals surface area contributed by atoms with E-state index in [0.29, 0.717) is 5.75 Å². The molecule has 1 unspecified atom stereocenters.